The summed E-state index contributed by atoms with van der Waals surface area (Å²) in [5, 5.41) is 0.394. The van der Waals surface area contributed by atoms with Crippen LogP contribution in [0.25, 0.3) is 0 Å². The van der Waals surface area contributed by atoms with E-state index in [2.05, 4.69) is 10.9 Å². The van der Waals surface area contributed by atoms with E-state index in [4.69, 9.17) is 21.1 Å². The zero-order chi connectivity index (χ0) is 20.3. The Morgan fingerprint density at radius 1 is 1.07 bits per heavy atom. The van der Waals surface area contributed by atoms with Crippen LogP contribution in [0, 0.1) is 0 Å². The van der Waals surface area contributed by atoms with Crippen molar-refractivity contribution < 1.29 is 27.5 Å². The molecule has 1 aliphatic heterocycles. The van der Waals surface area contributed by atoms with Crippen molar-refractivity contribution in [3.8, 4) is 11.5 Å². The topological polar surface area (TPSA) is 114 Å². The van der Waals surface area contributed by atoms with Crippen LogP contribution in [0.1, 0.15) is 10.4 Å². The maximum absolute atomic E-state index is 12.4. The highest BCUT2D eigenvalue weighted by atomic mass is 35.5. The van der Waals surface area contributed by atoms with E-state index in [1.54, 1.807) is 6.07 Å². The van der Waals surface area contributed by atoms with E-state index in [0.717, 1.165) is 4.31 Å². The van der Waals surface area contributed by atoms with E-state index in [1.807, 2.05) is 0 Å². The third kappa shape index (κ3) is 4.35. The summed E-state index contributed by atoms with van der Waals surface area (Å²) in [6, 6.07) is 10.1. The standard InChI is InChI=1S/C17H16ClN3O6S/c1-21(28(24,25)13-5-3-12(18)4-6-13)9-16(22)19-20-17(23)11-2-7-14-15(8-11)27-10-26-14/h2-8H,9-10H2,1H3,(H,19,22)(H,20,23). The molecular weight excluding hydrogens is 410 g/mol. The number of nitrogens with one attached hydrogen (secondary N) is 2. The summed E-state index contributed by atoms with van der Waals surface area (Å²) in [7, 11) is -2.62. The smallest absolute Gasteiger partial charge is 0.269 e. The van der Waals surface area contributed by atoms with Gasteiger partial charge in [0.1, 0.15) is 0 Å². The van der Waals surface area contributed by atoms with Gasteiger partial charge in [-0.2, -0.15) is 4.31 Å². The van der Waals surface area contributed by atoms with Crippen molar-refractivity contribution in [1.82, 2.24) is 15.2 Å². The Morgan fingerprint density at radius 2 is 1.75 bits per heavy atom. The highest BCUT2D eigenvalue weighted by molar-refractivity contribution is 7.89. The Bertz CT molecular complexity index is 1010. The Hall–Kier alpha value is -2.82. The maximum Gasteiger partial charge on any atom is 0.269 e. The lowest BCUT2D eigenvalue weighted by Gasteiger charge is -2.17. The van der Waals surface area contributed by atoms with Crippen LogP contribution in [-0.4, -0.2) is 44.9 Å². The van der Waals surface area contributed by atoms with Gasteiger partial charge in [0, 0.05) is 17.6 Å². The highest BCUT2D eigenvalue weighted by Crippen LogP contribution is 2.32. The van der Waals surface area contributed by atoms with Crippen LogP contribution in [-0.2, 0) is 14.8 Å². The fourth-order valence-electron chi connectivity index (χ4n) is 2.35. The van der Waals surface area contributed by atoms with Gasteiger partial charge in [0.05, 0.1) is 11.4 Å². The first kappa shape index (κ1) is 19.9. The number of nitrogens with zero attached hydrogens (tertiary/aromatic N) is 1. The third-order valence-electron chi connectivity index (χ3n) is 3.84. The van der Waals surface area contributed by atoms with Crippen LogP contribution in [0.3, 0.4) is 0 Å². The summed E-state index contributed by atoms with van der Waals surface area (Å²) in [4.78, 5) is 24.1. The van der Waals surface area contributed by atoms with E-state index < -0.39 is 28.4 Å². The van der Waals surface area contributed by atoms with E-state index in [0.29, 0.717) is 16.5 Å². The van der Waals surface area contributed by atoms with Crippen LogP contribution in [0.2, 0.25) is 5.02 Å². The third-order valence-corrected chi connectivity index (χ3v) is 5.91. The van der Waals surface area contributed by atoms with Crippen LogP contribution in [0.15, 0.2) is 47.4 Å². The van der Waals surface area contributed by atoms with Gasteiger partial charge < -0.3 is 9.47 Å². The van der Waals surface area contributed by atoms with Crippen molar-refractivity contribution in [2.45, 2.75) is 4.90 Å². The number of sulfonamides is 1. The van der Waals surface area contributed by atoms with Crippen molar-refractivity contribution in [2.24, 2.45) is 0 Å². The van der Waals surface area contributed by atoms with Gasteiger partial charge in [-0.05, 0) is 42.5 Å². The average molecular weight is 426 g/mol. The molecule has 0 bridgehead atoms. The van der Waals surface area contributed by atoms with Crippen molar-refractivity contribution in [2.75, 3.05) is 20.4 Å². The van der Waals surface area contributed by atoms with Gasteiger partial charge in [0.25, 0.3) is 11.8 Å². The molecule has 0 saturated carbocycles. The summed E-state index contributed by atoms with van der Waals surface area (Å²) in [5.74, 6) is -0.355. The number of rotatable bonds is 5. The number of halogens is 1. The summed E-state index contributed by atoms with van der Waals surface area (Å²) >= 11 is 5.75. The molecule has 0 atom stereocenters. The average Bonchev–Trinajstić information content (AvgIpc) is 3.14. The summed E-state index contributed by atoms with van der Waals surface area (Å²) in [6.07, 6.45) is 0. The minimum atomic E-state index is -3.88. The molecule has 9 nitrogen and oxygen atoms in total. The number of ether oxygens (including phenoxy) is 2. The van der Waals surface area contributed by atoms with Crippen molar-refractivity contribution in [1.29, 1.82) is 0 Å². The Labute approximate surface area is 166 Å². The van der Waals surface area contributed by atoms with Gasteiger partial charge in [-0.1, -0.05) is 11.6 Å². The van der Waals surface area contributed by atoms with Crippen molar-refractivity contribution in [3.05, 3.63) is 53.1 Å². The molecule has 2 amide bonds. The van der Waals surface area contributed by atoms with Crippen LogP contribution in [0.5, 0.6) is 11.5 Å². The molecule has 0 radical (unpaired) electrons. The Kier molecular flexibility index (Phi) is 5.73. The minimum absolute atomic E-state index is 0.00315. The van der Waals surface area contributed by atoms with Gasteiger partial charge in [-0.25, -0.2) is 8.42 Å². The molecule has 1 aliphatic rings. The fraction of sp³-hybridized carbons (Fsp3) is 0.176. The summed E-state index contributed by atoms with van der Waals surface area (Å²) < 4.78 is 36.1. The zero-order valence-electron chi connectivity index (χ0n) is 14.6. The van der Waals surface area contributed by atoms with E-state index >= 15 is 0 Å². The molecule has 3 rings (SSSR count). The Balaban J connectivity index is 1.56. The van der Waals surface area contributed by atoms with Gasteiger partial charge in [0.2, 0.25) is 16.8 Å². The maximum atomic E-state index is 12.4. The molecule has 2 aromatic rings. The molecule has 0 unspecified atom stereocenters. The number of likely N-dealkylation sites (N-methyl/N-ethyl adjacent to an activating group) is 1. The molecule has 2 N–H and O–H groups in total. The molecule has 0 aromatic heterocycles. The molecule has 1 heterocycles. The van der Waals surface area contributed by atoms with Crippen molar-refractivity contribution in [3.63, 3.8) is 0 Å². The zero-order valence-corrected chi connectivity index (χ0v) is 16.2. The number of carbonyl (C=O) groups excluding carboxylic acids is 2. The molecule has 148 valence electrons. The molecule has 0 spiro atoms. The van der Waals surface area contributed by atoms with Gasteiger partial charge in [-0.15, -0.1) is 0 Å². The number of hydrogen-bond acceptors (Lipinski definition) is 6. The molecule has 2 aromatic carbocycles. The van der Waals surface area contributed by atoms with Gasteiger partial charge >= 0.3 is 0 Å². The lowest BCUT2D eigenvalue weighted by atomic mass is 10.2. The minimum Gasteiger partial charge on any atom is -0.454 e. The first-order valence-corrected chi connectivity index (χ1v) is 9.80. The molecule has 0 aliphatic carbocycles. The number of hydrazine groups is 1. The van der Waals surface area contributed by atoms with E-state index in [9.17, 15) is 18.0 Å². The number of benzene rings is 2. The van der Waals surface area contributed by atoms with Gasteiger partial charge in [-0.3, -0.25) is 20.4 Å². The summed E-state index contributed by atoms with van der Waals surface area (Å²) in [5.41, 5.74) is 4.64. The predicted octanol–water partition coefficient (Wildman–Crippen LogP) is 1.15. The Morgan fingerprint density at radius 3 is 2.46 bits per heavy atom. The van der Waals surface area contributed by atoms with Crippen LogP contribution >= 0.6 is 11.6 Å². The first-order chi connectivity index (χ1) is 13.3. The predicted molar refractivity (Wildman–Crippen MR) is 99.4 cm³/mol. The number of carbonyl (C=O) groups is 2. The van der Waals surface area contributed by atoms with Crippen LogP contribution < -0.4 is 20.3 Å². The fourth-order valence-corrected chi connectivity index (χ4v) is 3.60. The first-order valence-electron chi connectivity index (χ1n) is 7.98. The summed E-state index contributed by atoms with van der Waals surface area (Å²) in [6.45, 7) is -0.419. The molecule has 11 heteroatoms. The number of fused-ring (bicyclic) bond motifs is 1. The monoisotopic (exact) mass is 425 g/mol. The molecule has 0 fully saturated rings. The lowest BCUT2D eigenvalue weighted by Crippen LogP contribution is -2.46. The molecular formula is C17H16ClN3O6S. The second-order valence-electron chi connectivity index (χ2n) is 5.79. The molecule has 0 saturated heterocycles. The van der Waals surface area contributed by atoms with Gasteiger partial charge in [0.15, 0.2) is 11.5 Å². The lowest BCUT2D eigenvalue weighted by molar-refractivity contribution is -0.121. The normalized spacial score (nSPS) is 12.7. The number of hydrogen-bond donors (Lipinski definition) is 2. The highest BCUT2D eigenvalue weighted by Gasteiger charge is 2.23. The second kappa shape index (κ2) is 8.05. The van der Waals surface area contributed by atoms with Crippen molar-refractivity contribution >= 4 is 33.4 Å². The van der Waals surface area contributed by atoms with E-state index in [-0.39, 0.29) is 17.3 Å². The second-order valence-corrected chi connectivity index (χ2v) is 8.27. The quantitative estimate of drug-likeness (QED) is 0.694. The largest absolute Gasteiger partial charge is 0.454 e. The molecule has 28 heavy (non-hydrogen) atoms. The van der Waals surface area contributed by atoms with E-state index in [1.165, 1.54) is 43.4 Å². The number of amides is 2. The SMILES string of the molecule is CN(CC(=O)NNC(=O)c1ccc2c(c1)OCO2)S(=O)(=O)c1ccc(Cl)cc1. The van der Waals surface area contributed by atoms with Crippen LogP contribution in [0.4, 0.5) is 0 Å².